The van der Waals surface area contributed by atoms with Crippen LogP contribution in [0.1, 0.15) is 36.8 Å². The molecule has 1 unspecified atom stereocenters. The molecule has 1 aliphatic carbocycles. The molecule has 0 spiro atoms. The maximum Gasteiger partial charge on any atom is 0.330 e. The average Bonchev–Trinajstić information content (AvgIpc) is 3.58. The molecular formula is C22H28N4O3. The normalized spacial score (nSPS) is 17.8. The molecule has 3 rings (SSSR count). The first-order valence-electron chi connectivity index (χ1n) is 10.1. The molecule has 1 aromatic rings. The minimum atomic E-state index is -0.461. The minimum absolute atomic E-state index is 0.223. The second kappa shape index (κ2) is 9.49. The first-order chi connectivity index (χ1) is 14.0. The van der Waals surface area contributed by atoms with Crippen LogP contribution in [0.2, 0.25) is 0 Å². The number of hydrogen-bond acceptors (Lipinski definition) is 5. The molecule has 7 nitrogen and oxygen atoms in total. The summed E-state index contributed by atoms with van der Waals surface area (Å²) in [5.41, 5.74) is 1.64. The largest absolute Gasteiger partial charge is 0.463 e. The summed E-state index contributed by atoms with van der Waals surface area (Å²) in [7, 11) is 0. The Morgan fingerprint density at radius 2 is 1.90 bits per heavy atom. The molecular weight excluding hydrogens is 368 g/mol. The Kier molecular flexibility index (Phi) is 6.80. The smallest absolute Gasteiger partial charge is 0.330 e. The number of carbonyl (C=O) groups excluding carboxylic acids is 2. The Morgan fingerprint density at radius 1 is 1.21 bits per heavy atom. The number of nitrogens with one attached hydrogen (secondary N) is 2. The maximum absolute atomic E-state index is 12.2. The number of benzene rings is 1. The summed E-state index contributed by atoms with van der Waals surface area (Å²) < 4.78 is 4.89. The van der Waals surface area contributed by atoms with Crippen LogP contribution >= 0.6 is 0 Å². The summed E-state index contributed by atoms with van der Waals surface area (Å²) in [4.78, 5) is 27.6. The first-order valence-corrected chi connectivity index (χ1v) is 10.1. The van der Waals surface area contributed by atoms with E-state index < -0.39 is 11.9 Å². The molecule has 0 bridgehead atoms. The first kappa shape index (κ1) is 20.8. The van der Waals surface area contributed by atoms with E-state index >= 15 is 0 Å². The summed E-state index contributed by atoms with van der Waals surface area (Å²) in [6.07, 6.45) is 6.34. The summed E-state index contributed by atoms with van der Waals surface area (Å²) in [6.45, 7) is 4.58. The summed E-state index contributed by atoms with van der Waals surface area (Å²) in [5.74, 6) is -0.0175. The second-order valence-corrected chi connectivity index (χ2v) is 7.37. The number of carbonyl (C=O) groups is 2. The molecule has 0 radical (unpaired) electrons. The summed E-state index contributed by atoms with van der Waals surface area (Å²) >= 11 is 0. The zero-order valence-electron chi connectivity index (χ0n) is 16.8. The molecule has 1 amide bonds. The number of ether oxygens (including phenoxy) is 1. The molecule has 1 heterocycles. The van der Waals surface area contributed by atoms with Gasteiger partial charge in [-0.3, -0.25) is 10.2 Å². The van der Waals surface area contributed by atoms with E-state index in [4.69, 9.17) is 15.6 Å². The van der Waals surface area contributed by atoms with Gasteiger partial charge in [0.15, 0.2) is 0 Å². The van der Waals surface area contributed by atoms with Crippen LogP contribution in [0.5, 0.6) is 0 Å². The summed E-state index contributed by atoms with van der Waals surface area (Å²) in [5, 5.41) is 16.5. The van der Waals surface area contributed by atoms with Gasteiger partial charge in [-0.25, -0.2) is 4.79 Å². The summed E-state index contributed by atoms with van der Waals surface area (Å²) in [6, 6.07) is 7.49. The minimum Gasteiger partial charge on any atom is -0.463 e. The molecule has 154 valence electrons. The van der Waals surface area contributed by atoms with E-state index in [9.17, 15) is 9.59 Å². The fourth-order valence-electron chi connectivity index (χ4n) is 3.50. The molecule has 2 N–H and O–H groups in total. The van der Waals surface area contributed by atoms with Gasteiger partial charge in [0.05, 0.1) is 12.5 Å². The van der Waals surface area contributed by atoms with Gasteiger partial charge in [0.2, 0.25) is 5.91 Å². The van der Waals surface area contributed by atoms with Gasteiger partial charge in [-0.1, -0.05) is 24.3 Å². The maximum atomic E-state index is 12.2. The SMILES string of the molecule is CCOC(=O)/C=C/c1cccc(C(C=N)C(=N)N2CCN(C(=O)C3CC3)CC2)c1. The Hall–Kier alpha value is -2.96. The molecule has 2 fully saturated rings. The standard InChI is InChI=1S/C22H28N4O3/c1-2-29-20(27)9-6-16-4-3-5-18(14-16)19(15-23)21(24)25-10-12-26(13-11-25)22(28)17-7-8-17/h3-6,9,14-15,17,19,23-24H,2,7-8,10-13H2,1H3/b9-6+,23-15?,24-21?. The van der Waals surface area contributed by atoms with Crippen LogP contribution in [0, 0.1) is 16.7 Å². The third-order valence-electron chi connectivity index (χ3n) is 5.29. The third kappa shape index (κ3) is 5.31. The molecule has 1 atom stereocenters. The molecule has 1 aromatic carbocycles. The lowest BCUT2D eigenvalue weighted by Crippen LogP contribution is -2.52. The van der Waals surface area contributed by atoms with Crippen LogP contribution in [-0.4, -0.2) is 66.5 Å². The predicted octanol–water partition coefficient (Wildman–Crippen LogP) is 2.53. The second-order valence-electron chi connectivity index (χ2n) is 7.37. The van der Waals surface area contributed by atoms with Crippen molar-refractivity contribution in [3.8, 4) is 0 Å². The van der Waals surface area contributed by atoms with Crippen molar-refractivity contribution in [2.75, 3.05) is 32.8 Å². The van der Waals surface area contributed by atoms with Crippen LogP contribution in [0.3, 0.4) is 0 Å². The van der Waals surface area contributed by atoms with Gasteiger partial charge >= 0.3 is 5.97 Å². The van der Waals surface area contributed by atoms with Crippen LogP contribution in [0.4, 0.5) is 0 Å². The number of esters is 1. The number of rotatable bonds is 7. The highest BCUT2D eigenvalue weighted by atomic mass is 16.5. The predicted molar refractivity (Wildman–Crippen MR) is 112 cm³/mol. The van der Waals surface area contributed by atoms with E-state index in [1.54, 1.807) is 13.0 Å². The van der Waals surface area contributed by atoms with Crippen molar-refractivity contribution in [2.45, 2.75) is 25.7 Å². The van der Waals surface area contributed by atoms with E-state index in [-0.39, 0.29) is 11.8 Å². The highest BCUT2D eigenvalue weighted by molar-refractivity contribution is 6.00. The van der Waals surface area contributed by atoms with Crippen LogP contribution in [0.25, 0.3) is 6.08 Å². The van der Waals surface area contributed by atoms with Crippen molar-refractivity contribution >= 4 is 30.0 Å². The highest BCUT2D eigenvalue weighted by Gasteiger charge is 2.35. The quantitative estimate of drug-likeness (QED) is 0.320. The number of nitrogens with zero attached hydrogens (tertiary/aromatic N) is 2. The monoisotopic (exact) mass is 396 g/mol. The van der Waals surface area contributed by atoms with Crippen LogP contribution in [0.15, 0.2) is 30.3 Å². The fraction of sp³-hybridized carbons (Fsp3) is 0.455. The van der Waals surface area contributed by atoms with Gasteiger partial charge in [-0.05, 0) is 37.0 Å². The van der Waals surface area contributed by atoms with E-state index in [1.807, 2.05) is 34.1 Å². The average molecular weight is 396 g/mol. The van der Waals surface area contributed by atoms with Crippen molar-refractivity contribution < 1.29 is 14.3 Å². The van der Waals surface area contributed by atoms with E-state index in [0.29, 0.717) is 38.6 Å². The Bertz CT molecular complexity index is 808. The van der Waals surface area contributed by atoms with E-state index in [0.717, 1.165) is 24.0 Å². The topological polar surface area (TPSA) is 97.5 Å². The lowest BCUT2D eigenvalue weighted by atomic mass is 9.96. The van der Waals surface area contributed by atoms with E-state index in [2.05, 4.69) is 0 Å². The fourth-order valence-corrected chi connectivity index (χ4v) is 3.50. The van der Waals surface area contributed by atoms with Crippen molar-refractivity contribution in [3.05, 3.63) is 41.5 Å². The van der Waals surface area contributed by atoms with Gasteiger partial charge in [-0.2, -0.15) is 0 Å². The van der Waals surface area contributed by atoms with Crippen molar-refractivity contribution in [2.24, 2.45) is 5.92 Å². The third-order valence-corrected chi connectivity index (χ3v) is 5.29. The van der Waals surface area contributed by atoms with Gasteiger partial charge in [0.25, 0.3) is 0 Å². The van der Waals surface area contributed by atoms with Crippen molar-refractivity contribution in [1.82, 2.24) is 9.80 Å². The Labute approximate surface area is 171 Å². The van der Waals surface area contributed by atoms with E-state index in [1.165, 1.54) is 12.3 Å². The number of hydrogen-bond donors (Lipinski definition) is 2. The van der Waals surface area contributed by atoms with Gasteiger partial charge < -0.3 is 19.9 Å². The zero-order chi connectivity index (χ0) is 20.8. The van der Waals surface area contributed by atoms with Gasteiger partial charge in [0.1, 0.15) is 5.84 Å². The molecule has 29 heavy (non-hydrogen) atoms. The van der Waals surface area contributed by atoms with Gasteiger partial charge in [0, 0.05) is 44.4 Å². The number of amidine groups is 1. The lowest BCUT2D eigenvalue weighted by molar-refractivity contribution is -0.137. The number of piperazine rings is 1. The zero-order valence-corrected chi connectivity index (χ0v) is 16.8. The molecule has 7 heteroatoms. The van der Waals surface area contributed by atoms with Crippen molar-refractivity contribution in [3.63, 3.8) is 0 Å². The van der Waals surface area contributed by atoms with Gasteiger partial charge in [-0.15, -0.1) is 0 Å². The lowest BCUT2D eigenvalue weighted by Gasteiger charge is -2.37. The number of amides is 1. The molecule has 1 aliphatic heterocycles. The van der Waals surface area contributed by atoms with Crippen LogP contribution < -0.4 is 0 Å². The highest BCUT2D eigenvalue weighted by Crippen LogP contribution is 2.31. The Balaban J connectivity index is 1.63. The van der Waals surface area contributed by atoms with Crippen LogP contribution in [-0.2, 0) is 14.3 Å². The molecule has 0 aromatic heterocycles. The molecule has 1 saturated carbocycles. The molecule has 1 saturated heterocycles. The molecule has 2 aliphatic rings. The Morgan fingerprint density at radius 3 is 2.52 bits per heavy atom. The van der Waals surface area contributed by atoms with Crippen molar-refractivity contribution in [1.29, 1.82) is 10.8 Å².